The number of hydrogen-bond acceptors (Lipinski definition) is 6. The topological polar surface area (TPSA) is 83.5 Å². The number of furan rings is 1. The fourth-order valence-electron chi connectivity index (χ4n) is 3.91. The van der Waals surface area contributed by atoms with Crippen LogP contribution in [0, 0.1) is 0 Å². The van der Waals surface area contributed by atoms with E-state index in [-0.39, 0.29) is 0 Å². The summed E-state index contributed by atoms with van der Waals surface area (Å²) in [6.07, 6.45) is 6.89. The van der Waals surface area contributed by atoms with E-state index in [4.69, 9.17) is 9.41 Å². The van der Waals surface area contributed by atoms with E-state index in [1.165, 1.54) is 17.7 Å². The van der Waals surface area contributed by atoms with Crippen molar-refractivity contribution in [2.75, 3.05) is 26.2 Å². The van der Waals surface area contributed by atoms with Gasteiger partial charge in [-0.15, -0.1) is 21.5 Å². The number of aliphatic imine (C=N–C) groups is 1. The summed E-state index contributed by atoms with van der Waals surface area (Å²) in [5, 5.41) is 17.4. The maximum atomic E-state index is 5.45. The third kappa shape index (κ3) is 5.95. The third-order valence-corrected chi connectivity index (χ3v) is 6.52. The zero-order valence-corrected chi connectivity index (χ0v) is 18.9. The molecule has 166 valence electrons. The number of rotatable bonds is 10. The van der Waals surface area contributed by atoms with E-state index in [2.05, 4.69) is 54.7 Å². The zero-order chi connectivity index (χ0) is 21.3. The monoisotopic (exact) mass is 441 g/mol. The van der Waals surface area contributed by atoms with Crippen LogP contribution in [0.5, 0.6) is 0 Å². The first-order valence-corrected chi connectivity index (χ1v) is 11.9. The normalized spacial score (nSPS) is 16.0. The van der Waals surface area contributed by atoms with Crippen molar-refractivity contribution in [1.82, 2.24) is 30.3 Å². The molecule has 0 aromatic carbocycles. The molecule has 1 atom stereocenters. The van der Waals surface area contributed by atoms with Gasteiger partial charge in [0.1, 0.15) is 24.5 Å². The van der Waals surface area contributed by atoms with Crippen LogP contribution in [0.2, 0.25) is 0 Å². The summed E-state index contributed by atoms with van der Waals surface area (Å²) >= 11 is 1.83. The first kappa shape index (κ1) is 21.6. The van der Waals surface area contributed by atoms with Gasteiger partial charge in [0.2, 0.25) is 0 Å². The van der Waals surface area contributed by atoms with E-state index in [0.29, 0.717) is 12.6 Å². The Balaban J connectivity index is 1.39. The molecular weight excluding hydrogens is 410 g/mol. The van der Waals surface area contributed by atoms with Gasteiger partial charge in [-0.3, -0.25) is 4.90 Å². The average molecular weight is 442 g/mol. The molecule has 3 aromatic heterocycles. The second-order valence-corrected chi connectivity index (χ2v) is 8.60. The highest BCUT2D eigenvalue weighted by Gasteiger charge is 2.24. The fraction of sp³-hybridized carbons (Fsp3) is 0.500. The molecule has 1 saturated heterocycles. The fourth-order valence-corrected chi connectivity index (χ4v) is 4.77. The van der Waals surface area contributed by atoms with Gasteiger partial charge in [0.15, 0.2) is 5.96 Å². The molecule has 3 aromatic rings. The lowest BCUT2D eigenvalue weighted by Gasteiger charge is -2.27. The minimum Gasteiger partial charge on any atom is -0.467 e. The second-order valence-electron chi connectivity index (χ2n) is 7.62. The van der Waals surface area contributed by atoms with Gasteiger partial charge in [-0.25, -0.2) is 4.99 Å². The van der Waals surface area contributed by atoms with Crippen LogP contribution in [0.15, 0.2) is 51.6 Å². The maximum absolute atomic E-state index is 5.45. The van der Waals surface area contributed by atoms with E-state index in [1.54, 1.807) is 12.6 Å². The van der Waals surface area contributed by atoms with E-state index in [1.807, 2.05) is 23.5 Å². The lowest BCUT2D eigenvalue weighted by atomic mass is 10.2. The van der Waals surface area contributed by atoms with Crippen LogP contribution in [0.25, 0.3) is 0 Å². The highest BCUT2D eigenvalue weighted by molar-refractivity contribution is 7.10. The van der Waals surface area contributed by atoms with Gasteiger partial charge in [0.05, 0.1) is 12.3 Å². The van der Waals surface area contributed by atoms with Crippen LogP contribution in [-0.4, -0.2) is 51.8 Å². The second kappa shape index (κ2) is 11.1. The lowest BCUT2D eigenvalue weighted by Crippen LogP contribution is -2.43. The Labute approximate surface area is 187 Å². The molecule has 1 unspecified atom stereocenters. The van der Waals surface area contributed by atoms with Crippen molar-refractivity contribution in [3.8, 4) is 0 Å². The van der Waals surface area contributed by atoms with Gasteiger partial charge in [-0.05, 0) is 49.5 Å². The number of thiophene rings is 1. The molecule has 0 saturated carbocycles. The summed E-state index contributed by atoms with van der Waals surface area (Å²) in [5.41, 5.74) is 0. The number of hydrogen-bond donors (Lipinski definition) is 2. The molecule has 1 fully saturated rings. The summed E-state index contributed by atoms with van der Waals surface area (Å²) in [5.74, 6) is 2.64. The largest absolute Gasteiger partial charge is 0.467 e. The summed E-state index contributed by atoms with van der Waals surface area (Å²) in [6, 6.07) is 8.58. The Kier molecular flexibility index (Phi) is 7.73. The molecule has 9 heteroatoms. The lowest BCUT2D eigenvalue weighted by molar-refractivity contribution is 0.249. The molecule has 0 amide bonds. The minimum absolute atomic E-state index is 0.364. The Hall–Kier alpha value is -2.65. The summed E-state index contributed by atoms with van der Waals surface area (Å²) in [4.78, 5) is 8.73. The Morgan fingerprint density at radius 2 is 2.16 bits per heavy atom. The molecule has 1 aliphatic rings. The Morgan fingerprint density at radius 3 is 2.90 bits per heavy atom. The maximum Gasteiger partial charge on any atom is 0.191 e. The van der Waals surface area contributed by atoms with Gasteiger partial charge < -0.3 is 19.6 Å². The molecule has 0 aliphatic carbocycles. The SMILES string of the molecule is CCc1nncn1CCNC(=NCc1ccco1)NCC(c1cccs1)N1CCCC1. The van der Waals surface area contributed by atoms with Gasteiger partial charge in [-0.2, -0.15) is 0 Å². The summed E-state index contributed by atoms with van der Waals surface area (Å²) < 4.78 is 7.53. The third-order valence-electron chi connectivity index (χ3n) is 5.55. The highest BCUT2D eigenvalue weighted by atomic mass is 32.1. The quantitative estimate of drug-likeness (QED) is 0.372. The van der Waals surface area contributed by atoms with Crippen molar-refractivity contribution >= 4 is 17.3 Å². The van der Waals surface area contributed by atoms with Crippen molar-refractivity contribution in [2.24, 2.45) is 4.99 Å². The van der Waals surface area contributed by atoms with Crippen LogP contribution in [0.1, 0.15) is 42.3 Å². The van der Waals surface area contributed by atoms with E-state index in [9.17, 15) is 0 Å². The van der Waals surface area contributed by atoms with Crippen molar-refractivity contribution in [3.05, 3.63) is 58.7 Å². The highest BCUT2D eigenvalue weighted by Crippen LogP contribution is 2.27. The zero-order valence-electron chi connectivity index (χ0n) is 18.0. The van der Waals surface area contributed by atoms with Crippen LogP contribution in [0.3, 0.4) is 0 Å². The molecular formula is C22H31N7OS. The van der Waals surface area contributed by atoms with Gasteiger partial charge in [0.25, 0.3) is 0 Å². The molecule has 0 bridgehead atoms. The Morgan fingerprint density at radius 1 is 1.26 bits per heavy atom. The van der Waals surface area contributed by atoms with Gasteiger partial charge in [0, 0.05) is 30.9 Å². The van der Waals surface area contributed by atoms with Gasteiger partial charge >= 0.3 is 0 Å². The molecule has 4 rings (SSSR count). The van der Waals surface area contributed by atoms with Crippen LogP contribution >= 0.6 is 11.3 Å². The summed E-state index contributed by atoms with van der Waals surface area (Å²) in [6.45, 7) is 7.25. The number of nitrogens with zero attached hydrogens (tertiary/aromatic N) is 5. The number of likely N-dealkylation sites (tertiary alicyclic amines) is 1. The number of guanidine groups is 1. The molecule has 4 heterocycles. The van der Waals surface area contributed by atoms with Gasteiger partial charge in [-0.1, -0.05) is 13.0 Å². The van der Waals surface area contributed by atoms with Crippen molar-refractivity contribution in [3.63, 3.8) is 0 Å². The molecule has 1 aliphatic heterocycles. The predicted octanol–water partition coefficient (Wildman–Crippen LogP) is 3.07. The minimum atomic E-state index is 0.364. The first-order valence-electron chi connectivity index (χ1n) is 11.0. The van der Waals surface area contributed by atoms with Crippen LogP contribution < -0.4 is 10.6 Å². The van der Waals surface area contributed by atoms with Crippen molar-refractivity contribution < 1.29 is 4.42 Å². The molecule has 2 N–H and O–H groups in total. The van der Waals surface area contributed by atoms with E-state index in [0.717, 1.165) is 56.7 Å². The number of aromatic nitrogens is 3. The smallest absolute Gasteiger partial charge is 0.191 e. The number of aryl methyl sites for hydroxylation is 1. The summed E-state index contributed by atoms with van der Waals surface area (Å²) in [7, 11) is 0. The van der Waals surface area contributed by atoms with Crippen molar-refractivity contribution in [2.45, 2.75) is 45.3 Å². The first-order chi connectivity index (χ1) is 15.3. The van der Waals surface area contributed by atoms with E-state index < -0.39 is 0 Å². The predicted molar refractivity (Wildman–Crippen MR) is 123 cm³/mol. The Bertz CT molecular complexity index is 914. The molecule has 0 spiro atoms. The molecule has 0 radical (unpaired) electrons. The number of nitrogens with one attached hydrogen (secondary N) is 2. The standard InChI is InChI=1S/C22H31N7OS/c1-2-21-27-26-17-29(21)12-9-23-22(24-15-18-7-5-13-30-18)25-16-19(20-8-6-14-31-20)28-10-3-4-11-28/h5-8,13-14,17,19H,2-4,9-12,15-16H2,1H3,(H2,23,24,25). The molecule has 8 nitrogen and oxygen atoms in total. The van der Waals surface area contributed by atoms with Crippen molar-refractivity contribution in [1.29, 1.82) is 0 Å². The van der Waals surface area contributed by atoms with Crippen LogP contribution in [-0.2, 0) is 19.5 Å². The van der Waals surface area contributed by atoms with Crippen LogP contribution in [0.4, 0.5) is 0 Å². The molecule has 31 heavy (non-hydrogen) atoms. The van der Waals surface area contributed by atoms with E-state index >= 15 is 0 Å². The average Bonchev–Trinajstić information content (AvgIpc) is 3.59.